The zero-order chi connectivity index (χ0) is 15.4. The van der Waals surface area contributed by atoms with Crippen molar-refractivity contribution in [3.8, 4) is 0 Å². The average Bonchev–Trinajstić information content (AvgIpc) is 2.42. The first-order valence-electron chi connectivity index (χ1n) is 6.83. The van der Waals surface area contributed by atoms with Crippen LogP contribution in [0.4, 0.5) is 11.6 Å². The molecular formula is C15H18Cl2N4. The van der Waals surface area contributed by atoms with Crippen LogP contribution >= 0.6 is 23.2 Å². The highest BCUT2D eigenvalue weighted by atomic mass is 35.5. The lowest BCUT2D eigenvalue weighted by Gasteiger charge is -2.19. The molecule has 0 aliphatic rings. The number of hydrogen-bond acceptors (Lipinski definition) is 4. The molecule has 0 aliphatic heterocycles. The zero-order valence-electron chi connectivity index (χ0n) is 12.0. The highest BCUT2D eigenvalue weighted by Crippen LogP contribution is 2.29. The van der Waals surface area contributed by atoms with Crippen molar-refractivity contribution < 1.29 is 0 Å². The Kier molecular flexibility index (Phi) is 5.26. The summed E-state index contributed by atoms with van der Waals surface area (Å²) in [5.41, 5.74) is 7.84. The van der Waals surface area contributed by atoms with Gasteiger partial charge in [0.2, 0.25) is 0 Å². The minimum Gasteiger partial charge on any atom is -0.383 e. The number of halogens is 2. The number of hydrogen-bond donors (Lipinski definition) is 2. The molecule has 1 aromatic carbocycles. The van der Waals surface area contributed by atoms with E-state index in [1.54, 1.807) is 6.07 Å². The van der Waals surface area contributed by atoms with Crippen LogP contribution in [0.2, 0.25) is 10.0 Å². The summed E-state index contributed by atoms with van der Waals surface area (Å²) in [6.07, 6.45) is 3.27. The van der Waals surface area contributed by atoms with E-state index in [0.717, 1.165) is 29.8 Å². The standard InChI is InChI=1S/C15H18Cl2N4/c1-3-4-12-14(18)19-8-20-15(12)21-9(2)11-6-5-10(16)7-13(11)17/h5-9H,3-4H2,1-2H3,(H3,18,19,20,21). The zero-order valence-corrected chi connectivity index (χ0v) is 13.5. The fourth-order valence-electron chi connectivity index (χ4n) is 2.18. The minimum absolute atomic E-state index is 0.0142. The van der Waals surface area contributed by atoms with E-state index in [9.17, 15) is 0 Å². The second-order valence-corrected chi connectivity index (χ2v) is 5.71. The Morgan fingerprint density at radius 1 is 1.29 bits per heavy atom. The predicted molar refractivity (Wildman–Crippen MR) is 88.9 cm³/mol. The third-order valence-corrected chi connectivity index (χ3v) is 3.82. The molecule has 0 amide bonds. The second kappa shape index (κ2) is 6.96. The summed E-state index contributed by atoms with van der Waals surface area (Å²) in [5, 5.41) is 4.60. The Morgan fingerprint density at radius 2 is 2.05 bits per heavy atom. The smallest absolute Gasteiger partial charge is 0.135 e. The maximum absolute atomic E-state index is 6.24. The van der Waals surface area contributed by atoms with Gasteiger partial charge in [-0.15, -0.1) is 0 Å². The highest BCUT2D eigenvalue weighted by molar-refractivity contribution is 6.35. The van der Waals surface area contributed by atoms with Gasteiger partial charge in [-0.3, -0.25) is 0 Å². The van der Waals surface area contributed by atoms with Gasteiger partial charge >= 0.3 is 0 Å². The molecule has 0 fully saturated rings. The Morgan fingerprint density at radius 3 is 2.71 bits per heavy atom. The molecule has 0 saturated carbocycles. The lowest BCUT2D eigenvalue weighted by Crippen LogP contribution is -2.12. The van der Waals surface area contributed by atoms with E-state index in [2.05, 4.69) is 22.2 Å². The molecule has 6 heteroatoms. The molecule has 0 bridgehead atoms. The number of nitrogens with zero attached hydrogens (tertiary/aromatic N) is 2. The molecule has 2 aromatic rings. The first kappa shape index (κ1) is 15.9. The van der Waals surface area contributed by atoms with Gasteiger partial charge < -0.3 is 11.1 Å². The summed E-state index contributed by atoms with van der Waals surface area (Å²) in [4.78, 5) is 8.35. The molecule has 0 saturated heterocycles. The fraction of sp³-hybridized carbons (Fsp3) is 0.333. The van der Waals surface area contributed by atoms with Gasteiger partial charge in [-0.25, -0.2) is 9.97 Å². The van der Waals surface area contributed by atoms with Crippen LogP contribution in [0.1, 0.15) is 37.4 Å². The van der Waals surface area contributed by atoms with Gasteiger partial charge in [0, 0.05) is 15.6 Å². The second-order valence-electron chi connectivity index (χ2n) is 4.87. The molecule has 21 heavy (non-hydrogen) atoms. The lowest BCUT2D eigenvalue weighted by molar-refractivity contribution is 0.849. The SMILES string of the molecule is CCCc1c(N)ncnc1NC(C)c1ccc(Cl)cc1Cl. The summed E-state index contributed by atoms with van der Waals surface area (Å²) in [5.74, 6) is 1.27. The van der Waals surface area contributed by atoms with Crippen LogP contribution in [0.3, 0.4) is 0 Å². The molecule has 1 unspecified atom stereocenters. The van der Waals surface area contributed by atoms with E-state index in [0.29, 0.717) is 15.9 Å². The first-order valence-corrected chi connectivity index (χ1v) is 7.59. The van der Waals surface area contributed by atoms with E-state index in [1.165, 1.54) is 6.33 Å². The van der Waals surface area contributed by atoms with Gasteiger partial charge in [-0.05, 0) is 31.0 Å². The van der Waals surface area contributed by atoms with Crippen molar-refractivity contribution in [3.05, 3.63) is 45.7 Å². The molecule has 3 N–H and O–H groups in total. The summed E-state index contributed by atoms with van der Waals surface area (Å²) in [6.45, 7) is 4.11. The topological polar surface area (TPSA) is 63.8 Å². The van der Waals surface area contributed by atoms with Crippen molar-refractivity contribution >= 4 is 34.8 Å². The van der Waals surface area contributed by atoms with Crippen molar-refractivity contribution in [1.29, 1.82) is 0 Å². The molecule has 0 radical (unpaired) electrons. The Hall–Kier alpha value is -1.52. The van der Waals surface area contributed by atoms with Gasteiger partial charge in [0.15, 0.2) is 0 Å². The summed E-state index contributed by atoms with van der Waals surface area (Å²) in [7, 11) is 0. The van der Waals surface area contributed by atoms with Crippen molar-refractivity contribution in [2.75, 3.05) is 11.1 Å². The number of nitrogens with one attached hydrogen (secondary N) is 1. The number of anilines is 2. The third kappa shape index (κ3) is 3.77. The van der Waals surface area contributed by atoms with Crippen molar-refractivity contribution in [2.24, 2.45) is 0 Å². The van der Waals surface area contributed by atoms with Gasteiger partial charge in [0.05, 0.1) is 6.04 Å². The van der Waals surface area contributed by atoms with Gasteiger partial charge in [-0.1, -0.05) is 42.6 Å². The molecule has 1 heterocycles. The average molecular weight is 325 g/mol. The summed E-state index contributed by atoms with van der Waals surface area (Å²) < 4.78 is 0. The lowest BCUT2D eigenvalue weighted by atomic mass is 10.1. The van der Waals surface area contributed by atoms with Crippen molar-refractivity contribution in [1.82, 2.24) is 9.97 Å². The van der Waals surface area contributed by atoms with E-state index in [-0.39, 0.29) is 6.04 Å². The van der Waals surface area contributed by atoms with Gasteiger partial charge in [0.1, 0.15) is 18.0 Å². The Balaban J connectivity index is 2.27. The van der Waals surface area contributed by atoms with E-state index in [4.69, 9.17) is 28.9 Å². The van der Waals surface area contributed by atoms with Crippen LogP contribution in [0.25, 0.3) is 0 Å². The number of nitrogen functional groups attached to an aromatic ring is 1. The van der Waals surface area contributed by atoms with Crippen LogP contribution in [0.5, 0.6) is 0 Å². The number of aromatic nitrogens is 2. The maximum atomic E-state index is 6.24. The Bertz CT molecular complexity index is 631. The summed E-state index contributed by atoms with van der Waals surface area (Å²) in [6, 6.07) is 5.45. The normalized spacial score (nSPS) is 12.2. The number of nitrogens with two attached hydrogens (primary N) is 1. The summed E-state index contributed by atoms with van der Waals surface area (Å²) >= 11 is 12.2. The van der Waals surface area contributed by atoms with Crippen molar-refractivity contribution in [2.45, 2.75) is 32.7 Å². The molecule has 112 valence electrons. The van der Waals surface area contributed by atoms with Crippen molar-refractivity contribution in [3.63, 3.8) is 0 Å². The number of benzene rings is 1. The van der Waals surface area contributed by atoms with Crippen LogP contribution in [-0.2, 0) is 6.42 Å². The highest BCUT2D eigenvalue weighted by Gasteiger charge is 2.14. The monoisotopic (exact) mass is 324 g/mol. The van der Waals surface area contributed by atoms with Crippen LogP contribution < -0.4 is 11.1 Å². The molecule has 2 rings (SSSR count). The number of rotatable bonds is 5. The van der Waals surface area contributed by atoms with E-state index < -0.39 is 0 Å². The molecule has 0 spiro atoms. The van der Waals surface area contributed by atoms with Crippen LogP contribution in [-0.4, -0.2) is 9.97 Å². The largest absolute Gasteiger partial charge is 0.383 e. The quantitative estimate of drug-likeness (QED) is 0.850. The van der Waals surface area contributed by atoms with E-state index in [1.807, 2.05) is 19.1 Å². The third-order valence-electron chi connectivity index (χ3n) is 3.26. The van der Waals surface area contributed by atoms with Gasteiger partial charge in [0.25, 0.3) is 0 Å². The molecular weight excluding hydrogens is 307 g/mol. The molecule has 1 aromatic heterocycles. The maximum Gasteiger partial charge on any atom is 0.135 e. The van der Waals surface area contributed by atoms with Gasteiger partial charge in [-0.2, -0.15) is 0 Å². The van der Waals surface area contributed by atoms with Crippen LogP contribution in [0.15, 0.2) is 24.5 Å². The molecule has 1 atom stereocenters. The molecule has 0 aliphatic carbocycles. The predicted octanol–water partition coefficient (Wildman–Crippen LogP) is 4.49. The first-order chi connectivity index (χ1) is 10.0. The van der Waals surface area contributed by atoms with E-state index >= 15 is 0 Å². The van der Waals surface area contributed by atoms with Crippen LogP contribution in [0, 0.1) is 0 Å². The Labute approximate surface area is 134 Å². The fourth-order valence-corrected chi connectivity index (χ4v) is 2.75. The molecule has 4 nitrogen and oxygen atoms in total. The minimum atomic E-state index is -0.0142.